The number of hydrogen-bond acceptors (Lipinski definition) is 7. The summed E-state index contributed by atoms with van der Waals surface area (Å²) < 4.78 is 28.7. The van der Waals surface area contributed by atoms with Gasteiger partial charge in [0.2, 0.25) is 0 Å². The Labute approximate surface area is 179 Å². The molecule has 1 rings (SSSR count). The number of carbonyl (C=O) groups is 2. The smallest absolute Gasteiger partial charge is 0.175 e. The normalized spacial score (nSPS) is 13.6. The van der Waals surface area contributed by atoms with Gasteiger partial charge in [-0.15, -0.1) is 0 Å². The SMILES string of the molecule is CC(=O)C(CCCCCCC(=O)[O-])CCCC(O)COc1cccc(S(C)(=O)=O)c1. The Morgan fingerprint density at radius 3 is 2.37 bits per heavy atom. The summed E-state index contributed by atoms with van der Waals surface area (Å²) in [5, 5.41) is 20.5. The van der Waals surface area contributed by atoms with Crippen molar-refractivity contribution < 1.29 is 33.0 Å². The average Bonchev–Trinajstić information content (AvgIpc) is 2.66. The minimum absolute atomic E-state index is 0.0503. The number of ketones is 1. The lowest BCUT2D eigenvalue weighted by atomic mass is 9.91. The topological polar surface area (TPSA) is 121 Å². The Bertz CT molecular complexity index is 773. The lowest BCUT2D eigenvalue weighted by Crippen LogP contribution is -2.21. The molecule has 0 saturated heterocycles. The maximum Gasteiger partial charge on any atom is 0.175 e. The van der Waals surface area contributed by atoms with E-state index in [4.69, 9.17) is 4.74 Å². The molecular formula is C22H33O7S-. The van der Waals surface area contributed by atoms with Crippen molar-refractivity contribution in [1.82, 2.24) is 0 Å². The molecule has 170 valence electrons. The zero-order valence-corrected chi connectivity index (χ0v) is 18.7. The maximum absolute atomic E-state index is 11.8. The molecule has 7 nitrogen and oxygen atoms in total. The summed E-state index contributed by atoms with van der Waals surface area (Å²) in [6.45, 7) is 1.63. The first-order valence-electron chi connectivity index (χ1n) is 10.4. The summed E-state index contributed by atoms with van der Waals surface area (Å²) in [6, 6.07) is 6.15. The van der Waals surface area contributed by atoms with Crippen LogP contribution in [0.4, 0.5) is 0 Å². The van der Waals surface area contributed by atoms with Crippen LogP contribution in [0.15, 0.2) is 29.2 Å². The molecule has 30 heavy (non-hydrogen) atoms. The molecular weight excluding hydrogens is 408 g/mol. The summed E-state index contributed by atoms with van der Waals surface area (Å²) in [4.78, 5) is 22.4. The number of aliphatic hydroxyl groups excluding tert-OH is 1. The van der Waals surface area contributed by atoms with E-state index in [1.165, 1.54) is 12.1 Å². The maximum atomic E-state index is 11.8. The molecule has 1 aromatic rings. The van der Waals surface area contributed by atoms with E-state index >= 15 is 0 Å². The predicted octanol–water partition coefficient (Wildman–Crippen LogP) is 2.30. The fourth-order valence-corrected chi connectivity index (χ4v) is 3.89. The predicted molar refractivity (Wildman–Crippen MR) is 112 cm³/mol. The molecule has 1 N–H and O–H groups in total. The second-order valence-electron chi connectivity index (χ2n) is 7.78. The van der Waals surface area contributed by atoms with Gasteiger partial charge in [-0.05, 0) is 57.2 Å². The molecule has 0 saturated carbocycles. The van der Waals surface area contributed by atoms with Gasteiger partial charge in [-0.1, -0.05) is 31.7 Å². The van der Waals surface area contributed by atoms with Gasteiger partial charge in [0, 0.05) is 18.1 Å². The Morgan fingerprint density at radius 1 is 1.07 bits per heavy atom. The van der Waals surface area contributed by atoms with Crippen molar-refractivity contribution in [2.24, 2.45) is 5.92 Å². The highest BCUT2D eigenvalue weighted by atomic mass is 32.2. The molecule has 0 aliphatic rings. The molecule has 0 fully saturated rings. The molecule has 0 bridgehead atoms. The van der Waals surface area contributed by atoms with Crippen LogP contribution in [0.5, 0.6) is 5.75 Å². The molecule has 0 heterocycles. The number of ether oxygens (including phenoxy) is 1. The summed E-state index contributed by atoms with van der Waals surface area (Å²) in [7, 11) is -3.32. The number of unbranched alkanes of at least 4 members (excludes halogenated alkanes) is 3. The van der Waals surface area contributed by atoms with Gasteiger partial charge in [0.25, 0.3) is 0 Å². The third kappa shape index (κ3) is 11.3. The zero-order valence-electron chi connectivity index (χ0n) is 17.8. The van der Waals surface area contributed by atoms with Crippen LogP contribution in [0, 0.1) is 5.92 Å². The van der Waals surface area contributed by atoms with E-state index in [2.05, 4.69) is 0 Å². The monoisotopic (exact) mass is 441 g/mol. The van der Waals surface area contributed by atoms with E-state index in [1.807, 2.05) is 0 Å². The molecule has 2 atom stereocenters. The first-order valence-corrected chi connectivity index (χ1v) is 12.3. The Hall–Kier alpha value is -1.93. The van der Waals surface area contributed by atoms with Gasteiger partial charge in [0.05, 0.1) is 11.0 Å². The van der Waals surface area contributed by atoms with Crippen molar-refractivity contribution in [2.45, 2.75) is 75.7 Å². The highest BCUT2D eigenvalue weighted by Crippen LogP contribution is 2.20. The Kier molecular flexibility index (Phi) is 11.7. The number of rotatable bonds is 16. The lowest BCUT2D eigenvalue weighted by molar-refractivity contribution is -0.305. The van der Waals surface area contributed by atoms with E-state index in [1.54, 1.807) is 19.1 Å². The van der Waals surface area contributed by atoms with Gasteiger partial charge in [0.15, 0.2) is 9.84 Å². The number of Topliss-reactive ketones (excluding diaryl/α,β-unsaturated/α-hetero) is 1. The van der Waals surface area contributed by atoms with Crippen LogP contribution < -0.4 is 9.84 Å². The van der Waals surface area contributed by atoms with Gasteiger partial charge >= 0.3 is 0 Å². The van der Waals surface area contributed by atoms with Crippen LogP contribution in [0.25, 0.3) is 0 Å². The second-order valence-corrected chi connectivity index (χ2v) is 9.79. The molecule has 0 aromatic heterocycles. The fourth-order valence-electron chi connectivity index (χ4n) is 3.23. The van der Waals surface area contributed by atoms with E-state index in [-0.39, 0.29) is 29.6 Å². The number of hydrogen-bond donors (Lipinski definition) is 1. The number of aliphatic hydroxyl groups is 1. The minimum Gasteiger partial charge on any atom is -0.550 e. The van der Waals surface area contributed by atoms with Crippen molar-refractivity contribution in [3.05, 3.63) is 24.3 Å². The third-order valence-electron chi connectivity index (χ3n) is 5.02. The van der Waals surface area contributed by atoms with Crippen molar-refractivity contribution in [3.8, 4) is 5.75 Å². The number of benzene rings is 1. The first-order chi connectivity index (χ1) is 14.1. The molecule has 0 radical (unpaired) electrons. The van der Waals surface area contributed by atoms with Gasteiger partial charge < -0.3 is 19.7 Å². The summed E-state index contributed by atoms with van der Waals surface area (Å²) in [6.07, 6.45) is 6.31. The van der Waals surface area contributed by atoms with Crippen molar-refractivity contribution in [3.63, 3.8) is 0 Å². The summed E-state index contributed by atoms with van der Waals surface area (Å²) in [5.74, 6) is -0.557. The van der Waals surface area contributed by atoms with Crippen LogP contribution in [-0.2, 0) is 19.4 Å². The van der Waals surface area contributed by atoms with Crippen molar-refractivity contribution in [1.29, 1.82) is 0 Å². The standard InChI is InChI=1S/C22H34O7S/c1-17(23)18(9-5-3-4-6-14-22(25)26)10-7-11-19(24)16-29-20-12-8-13-21(15-20)30(2,27)28/h8,12-13,15,18-19,24H,3-7,9-11,14,16H2,1-2H3,(H,25,26)/p-1. The molecule has 2 unspecified atom stereocenters. The van der Waals surface area contributed by atoms with E-state index < -0.39 is 21.9 Å². The molecule has 0 aliphatic carbocycles. The second kappa shape index (κ2) is 13.4. The molecule has 1 aromatic carbocycles. The third-order valence-corrected chi connectivity index (χ3v) is 6.13. The largest absolute Gasteiger partial charge is 0.550 e. The Balaban J connectivity index is 2.29. The van der Waals surface area contributed by atoms with E-state index in [0.717, 1.165) is 31.9 Å². The van der Waals surface area contributed by atoms with Crippen LogP contribution in [0.2, 0.25) is 0 Å². The first kappa shape index (κ1) is 26.1. The minimum atomic E-state index is -3.32. The number of carboxylic acid groups (broad SMARTS) is 1. The zero-order chi connectivity index (χ0) is 22.6. The van der Waals surface area contributed by atoms with E-state index in [0.29, 0.717) is 31.4 Å². The lowest BCUT2D eigenvalue weighted by Gasteiger charge is -2.16. The van der Waals surface area contributed by atoms with Crippen molar-refractivity contribution >= 4 is 21.6 Å². The molecule has 0 amide bonds. The number of sulfone groups is 1. The van der Waals surface area contributed by atoms with Crippen LogP contribution in [0.3, 0.4) is 0 Å². The summed E-state index contributed by atoms with van der Waals surface area (Å²) >= 11 is 0. The van der Waals surface area contributed by atoms with Gasteiger partial charge in [-0.3, -0.25) is 4.79 Å². The molecule has 8 heteroatoms. The average molecular weight is 442 g/mol. The summed E-state index contributed by atoms with van der Waals surface area (Å²) in [5.41, 5.74) is 0. The molecule has 0 spiro atoms. The van der Waals surface area contributed by atoms with Crippen LogP contribution >= 0.6 is 0 Å². The van der Waals surface area contributed by atoms with Crippen LogP contribution in [0.1, 0.15) is 64.7 Å². The van der Waals surface area contributed by atoms with Crippen LogP contribution in [-0.4, -0.2) is 44.2 Å². The van der Waals surface area contributed by atoms with E-state index in [9.17, 15) is 28.2 Å². The highest BCUT2D eigenvalue weighted by Gasteiger charge is 2.15. The fraction of sp³-hybridized carbons (Fsp3) is 0.636. The molecule has 0 aliphatic heterocycles. The quantitative estimate of drug-likeness (QED) is 0.391. The number of carboxylic acids is 1. The highest BCUT2D eigenvalue weighted by molar-refractivity contribution is 7.90. The number of carbonyl (C=O) groups excluding carboxylic acids is 2. The van der Waals surface area contributed by atoms with Gasteiger partial charge in [-0.2, -0.15) is 0 Å². The van der Waals surface area contributed by atoms with Gasteiger partial charge in [0.1, 0.15) is 18.1 Å². The van der Waals surface area contributed by atoms with Gasteiger partial charge in [-0.25, -0.2) is 8.42 Å². The Morgan fingerprint density at radius 2 is 1.73 bits per heavy atom. The number of aliphatic carboxylic acids is 1. The van der Waals surface area contributed by atoms with Crippen molar-refractivity contribution in [2.75, 3.05) is 12.9 Å².